The maximum Gasteiger partial charge on any atom is 0.408 e. The molecule has 0 fully saturated rings. The number of alkyl carbamates (subject to hydrolysis) is 1. The smallest absolute Gasteiger partial charge is 0.408 e. The van der Waals surface area contributed by atoms with Gasteiger partial charge in [-0.1, -0.05) is 61.4 Å². The molecule has 0 heterocycles. The second-order valence-corrected chi connectivity index (χ2v) is 10.3. The van der Waals surface area contributed by atoms with Crippen molar-refractivity contribution in [3.63, 3.8) is 0 Å². The van der Waals surface area contributed by atoms with Gasteiger partial charge in [0.15, 0.2) is 0 Å². The summed E-state index contributed by atoms with van der Waals surface area (Å²) in [6, 6.07) is 10.9. The zero-order valence-electron chi connectivity index (χ0n) is 23.1. The fourth-order valence-corrected chi connectivity index (χ4v) is 4.05. The third-order valence-corrected chi connectivity index (χ3v) is 5.85. The highest BCUT2D eigenvalue weighted by atomic mass is 16.6. The van der Waals surface area contributed by atoms with E-state index < -0.39 is 36.3 Å². The Morgan fingerprint density at radius 3 is 2.19 bits per heavy atom. The van der Waals surface area contributed by atoms with Gasteiger partial charge in [0.25, 0.3) is 5.91 Å². The molecule has 0 aliphatic rings. The molecule has 0 saturated heterocycles. The second-order valence-electron chi connectivity index (χ2n) is 10.3. The lowest BCUT2D eigenvalue weighted by Gasteiger charge is -2.34. The SMILES string of the molecule is CCCCN(C(=O)C(CO)NC(=O)OC(C)(C)C)C(C(=O)Nc1c(C)cccc1C)c1cccc(C)c1. The highest BCUT2D eigenvalue weighted by molar-refractivity contribution is 6.00. The molecule has 0 aliphatic heterocycles. The third kappa shape index (κ3) is 8.60. The Labute approximate surface area is 220 Å². The van der Waals surface area contributed by atoms with Crippen molar-refractivity contribution in [1.29, 1.82) is 0 Å². The fourth-order valence-electron chi connectivity index (χ4n) is 4.05. The Morgan fingerprint density at radius 1 is 1.03 bits per heavy atom. The molecule has 2 aromatic rings. The molecule has 3 amide bonds. The van der Waals surface area contributed by atoms with E-state index in [1.807, 2.05) is 70.2 Å². The number of ether oxygens (including phenoxy) is 1. The summed E-state index contributed by atoms with van der Waals surface area (Å²) < 4.78 is 5.28. The number of nitrogens with one attached hydrogen (secondary N) is 2. The minimum absolute atomic E-state index is 0.264. The topological polar surface area (TPSA) is 108 Å². The van der Waals surface area contributed by atoms with E-state index >= 15 is 0 Å². The van der Waals surface area contributed by atoms with Crippen molar-refractivity contribution in [2.24, 2.45) is 0 Å². The average Bonchev–Trinajstić information content (AvgIpc) is 2.81. The van der Waals surface area contributed by atoms with E-state index in [1.54, 1.807) is 20.8 Å². The highest BCUT2D eigenvalue weighted by Crippen LogP contribution is 2.28. The first-order chi connectivity index (χ1) is 17.4. The van der Waals surface area contributed by atoms with Crippen molar-refractivity contribution in [3.05, 3.63) is 64.7 Å². The summed E-state index contributed by atoms with van der Waals surface area (Å²) in [6.07, 6.45) is 0.601. The standard InChI is InChI=1S/C29H41N3O5/c1-8-9-16-32(27(35)23(18-33)30-28(36)37-29(5,6)7)25(22-15-10-12-19(2)17-22)26(34)31-24-20(3)13-11-14-21(24)4/h10-15,17,23,25,33H,8-9,16,18H2,1-7H3,(H,30,36)(H,31,34). The number of unbranched alkanes of at least 4 members (excludes halogenated alkanes) is 1. The number of aryl methyl sites for hydroxylation is 3. The number of rotatable bonds is 10. The molecule has 0 radical (unpaired) electrons. The first-order valence-electron chi connectivity index (χ1n) is 12.7. The summed E-state index contributed by atoms with van der Waals surface area (Å²) in [6.45, 7) is 12.5. The Kier molecular flexibility index (Phi) is 10.7. The van der Waals surface area contributed by atoms with E-state index in [9.17, 15) is 19.5 Å². The van der Waals surface area contributed by atoms with Crippen molar-refractivity contribution in [1.82, 2.24) is 10.2 Å². The molecule has 37 heavy (non-hydrogen) atoms. The van der Waals surface area contributed by atoms with Crippen LogP contribution in [0.25, 0.3) is 0 Å². The van der Waals surface area contributed by atoms with Crippen LogP contribution in [-0.2, 0) is 14.3 Å². The van der Waals surface area contributed by atoms with Crippen LogP contribution in [0.15, 0.2) is 42.5 Å². The number of hydrogen-bond acceptors (Lipinski definition) is 5. The van der Waals surface area contributed by atoms with Gasteiger partial charge in [-0.2, -0.15) is 0 Å². The first kappa shape index (κ1) is 29.8. The van der Waals surface area contributed by atoms with Crippen LogP contribution in [0.5, 0.6) is 0 Å². The molecule has 8 nitrogen and oxygen atoms in total. The molecule has 0 aliphatic carbocycles. The van der Waals surface area contributed by atoms with Crippen molar-refractivity contribution < 1.29 is 24.2 Å². The molecule has 0 saturated carbocycles. The van der Waals surface area contributed by atoms with E-state index in [4.69, 9.17) is 4.74 Å². The van der Waals surface area contributed by atoms with E-state index in [1.165, 1.54) is 4.90 Å². The molecule has 0 aromatic heterocycles. The number of carbonyl (C=O) groups excluding carboxylic acids is 3. The average molecular weight is 512 g/mol. The van der Waals surface area contributed by atoms with Gasteiger partial charge < -0.3 is 25.4 Å². The quantitative estimate of drug-likeness (QED) is 0.424. The third-order valence-electron chi connectivity index (χ3n) is 5.85. The zero-order chi connectivity index (χ0) is 27.8. The van der Waals surface area contributed by atoms with Crippen LogP contribution in [0.4, 0.5) is 10.5 Å². The predicted molar refractivity (Wildman–Crippen MR) is 145 cm³/mol. The predicted octanol–water partition coefficient (Wildman–Crippen LogP) is 4.81. The molecule has 2 unspecified atom stereocenters. The van der Waals surface area contributed by atoms with E-state index in [0.29, 0.717) is 17.7 Å². The second kappa shape index (κ2) is 13.2. The summed E-state index contributed by atoms with van der Waals surface area (Å²) in [5, 5.41) is 15.5. The number of benzene rings is 2. The van der Waals surface area contributed by atoms with Crippen molar-refractivity contribution in [2.45, 2.75) is 79.0 Å². The Bertz CT molecular complexity index is 1070. The van der Waals surface area contributed by atoms with Gasteiger partial charge in [0.1, 0.15) is 17.7 Å². The van der Waals surface area contributed by atoms with Gasteiger partial charge in [-0.25, -0.2) is 4.79 Å². The zero-order valence-corrected chi connectivity index (χ0v) is 23.1. The van der Waals surface area contributed by atoms with Crippen molar-refractivity contribution in [2.75, 3.05) is 18.5 Å². The summed E-state index contributed by atoms with van der Waals surface area (Å²) >= 11 is 0. The number of nitrogens with zero attached hydrogens (tertiary/aromatic N) is 1. The molecule has 0 spiro atoms. The monoisotopic (exact) mass is 511 g/mol. The van der Waals surface area contributed by atoms with Gasteiger partial charge in [-0.15, -0.1) is 0 Å². The molecule has 2 aromatic carbocycles. The van der Waals surface area contributed by atoms with E-state index in [0.717, 1.165) is 23.1 Å². The van der Waals surface area contributed by atoms with Gasteiger partial charge in [-0.3, -0.25) is 9.59 Å². The Morgan fingerprint density at radius 2 is 1.65 bits per heavy atom. The van der Waals surface area contributed by atoms with Crippen LogP contribution < -0.4 is 10.6 Å². The number of hydrogen-bond donors (Lipinski definition) is 3. The fraction of sp³-hybridized carbons (Fsp3) is 0.483. The van der Waals surface area contributed by atoms with Crippen LogP contribution in [-0.4, -0.2) is 52.7 Å². The Balaban J connectivity index is 2.51. The largest absolute Gasteiger partial charge is 0.444 e. The minimum Gasteiger partial charge on any atom is -0.444 e. The lowest BCUT2D eigenvalue weighted by atomic mass is 9.99. The normalized spacial score (nSPS) is 12.9. The minimum atomic E-state index is -1.27. The lowest BCUT2D eigenvalue weighted by Crippen LogP contribution is -2.54. The van der Waals surface area contributed by atoms with Crippen LogP contribution in [0.3, 0.4) is 0 Å². The van der Waals surface area contributed by atoms with Crippen LogP contribution >= 0.6 is 0 Å². The maximum atomic E-state index is 13.9. The molecular formula is C29H41N3O5. The molecule has 202 valence electrons. The highest BCUT2D eigenvalue weighted by Gasteiger charge is 2.36. The molecular weight excluding hydrogens is 470 g/mol. The number of carbonyl (C=O) groups is 3. The van der Waals surface area contributed by atoms with Gasteiger partial charge in [-0.05, 0) is 64.7 Å². The lowest BCUT2D eigenvalue weighted by molar-refractivity contribution is -0.141. The van der Waals surface area contributed by atoms with Gasteiger partial charge in [0, 0.05) is 12.2 Å². The summed E-state index contributed by atoms with van der Waals surface area (Å²) in [5.74, 6) is -0.939. The number of anilines is 1. The summed E-state index contributed by atoms with van der Waals surface area (Å²) in [5.41, 5.74) is 3.31. The number of aliphatic hydroxyl groups is 1. The summed E-state index contributed by atoms with van der Waals surface area (Å²) in [7, 11) is 0. The summed E-state index contributed by atoms with van der Waals surface area (Å²) in [4.78, 5) is 41.5. The number of para-hydroxylation sites is 1. The van der Waals surface area contributed by atoms with Gasteiger partial charge >= 0.3 is 6.09 Å². The van der Waals surface area contributed by atoms with Crippen LogP contribution in [0, 0.1) is 20.8 Å². The Hall–Kier alpha value is -3.39. The number of aliphatic hydroxyl groups excluding tert-OH is 1. The van der Waals surface area contributed by atoms with E-state index in [2.05, 4.69) is 10.6 Å². The maximum absolute atomic E-state index is 13.9. The van der Waals surface area contributed by atoms with Crippen LogP contribution in [0.2, 0.25) is 0 Å². The number of amides is 3. The molecule has 0 bridgehead atoms. The molecule has 2 atom stereocenters. The van der Waals surface area contributed by atoms with Gasteiger partial charge in [0.05, 0.1) is 6.61 Å². The molecule has 3 N–H and O–H groups in total. The molecule has 8 heteroatoms. The van der Waals surface area contributed by atoms with E-state index in [-0.39, 0.29) is 12.5 Å². The van der Waals surface area contributed by atoms with Crippen molar-refractivity contribution in [3.8, 4) is 0 Å². The van der Waals surface area contributed by atoms with Gasteiger partial charge in [0.2, 0.25) is 5.91 Å². The first-order valence-corrected chi connectivity index (χ1v) is 12.7. The molecule has 2 rings (SSSR count). The van der Waals surface area contributed by atoms with Crippen LogP contribution in [0.1, 0.15) is 68.8 Å². The van der Waals surface area contributed by atoms with Crippen molar-refractivity contribution >= 4 is 23.6 Å².